The fourth-order valence-corrected chi connectivity index (χ4v) is 10.5. The molecule has 0 unspecified atom stereocenters. The summed E-state index contributed by atoms with van der Waals surface area (Å²) in [5, 5.41) is 18.1. The predicted molar refractivity (Wildman–Crippen MR) is 259 cm³/mol. The van der Waals surface area contributed by atoms with Gasteiger partial charge in [0.05, 0.1) is 0 Å². The fraction of sp³-hybridized carbons (Fsp3) is 0. The molecule has 0 saturated carbocycles. The fourth-order valence-electron chi connectivity index (χ4n) is 10.5. The van der Waals surface area contributed by atoms with E-state index in [0.717, 1.165) is 0 Å². The SMILES string of the molecule is c1ccc(-c2cc(-c3cc(-c4ccc5ccc6cccc7ccc4c5c67)c(-c4ccccc4)c4ccccc34)ccc2-c2ccc3ccc4cccc5ccc2c3c45)cc1. The van der Waals surface area contributed by atoms with Crippen LogP contribution >= 0.6 is 0 Å². The van der Waals surface area contributed by atoms with Crippen molar-refractivity contribution in [2.75, 3.05) is 0 Å². The summed E-state index contributed by atoms with van der Waals surface area (Å²) in [5.74, 6) is 0. The summed E-state index contributed by atoms with van der Waals surface area (Å²) in [6, 6.07) is 81.6. The molecule has 0 spiro atoms. The van der Waals surface area contributed by atoms with Gasteiger partial charge in [0, 0.05) is 0 Å². The summed E-state index contributed by atoms with van der Waals surface area (Å²) in [4.78, 5) is 0. The Bertz CT molecular complexity index is 3770. The van der Waals surface area contributed by atoms with Gasteiger partial charge in [-0.2, -0.15) is 0 Å². The zero-order chi connectivity index (χ0) is 39.3. The average molecular weight is 757 g/mol. The average Bonchev–Trinajstić information content (AvgIpc) is 3.32. The Hall–Kier alpha value is -7.80. The molecule has 0 amide bonds. The van der Waals surface area contributed by atoms with E-state index in [4.69, 9.17) is 0 Å². The molecular weight excluding hydrogens is 721 g/mol. The molecule has 0 aliphatic carbocycles. The molecule has 0 nitrogen and oxygen atoms in total. The van der Waals surface area contributed by atoms with Gasteiger partial charge in [-0.25, -0.2) is 0 Å². The highest BCUT2D eigenvalue weighted by Gasteiger charge is 2.21. The normalized spacial score (nSPS) is 12.0. The third kappa shape index (κ3) is 4.86. The summed E-state index contributed by atoms with van der Waals surface area (Å²) < 4.78 is 0. The highest BCUT2D eigenvalue weighted by atomic mass is 14.2. The van der Waals surface area contributed by atoms with Gasteiger partial charge in [-0.3, -0.25) is 0 Å². The van der Waals surface area contributed by atoms with Crippen molar-refractivity contribution in [1.29, 1.82) is 0 Å². The van der Waals surface area contributed by atoms with Crippen molar-refractivity contribution in [2.24, 2.45) is 0 Å². The number of hydrogen-bond donors (Lipinski definition) is 0. The molecule has 0 N–H and O–H groups in total. The van der Waals surface area contributed by atoms with Crippen LogP contribution in [0.3, 0.4) is 0 Å². The second kappa shape index (κ2) is 12.9. The molecule has 13 aromatic carbocycles. The molecule has 0 heterocycles. The first-order valence-corrected chi connectivity index (χ1v) is 20.9. The molecule has 60 heavy (non-hydrogen) atoms. The first kappa shape index (κ1) is 33.2. The highest BCUT2D eigenvalue weighted by Crippen LogP contribution is 2.49. The summed E-state index contributed by atoms with van der Waals surface area (Å²) in [6.07, 6.45) is 0. The van der Waals surface area contributed by atoms with Gasteiger partial charge >= 0.3 is 0 Å². The molecule has 0 bridgehead atoms. The molecule has 13 aromatic rings. The van der Waals surface area contributed by atoms with Gasteiger partial charge in [-0.15, -0.1) is 0 Å². The first-order valence-electron chi connectivity index (χ1n) is 20.9. The van der Waals surface area contributed by atoms with Gasteiger partial charge in [0.25, 0.3) is 0 Å². The van der Waals surface area contributed by atoms with Crippen molar-refractivity contribution in [3.05, 3.63) is 218 Å². The van der Waals surface area contributed by atoms with E-state index in [-0.39, 0.29) is 0 Å². The zero-order valence-corrected chi connectivity index (χ0v) is 32.8. The van der Waals surface area contributed by atoms with Crippen molar-refractivity contribution in [3.63, 3.8) is 0 Å². The number of benzene rings is 13. The monoisotopic (exact) mass is 756 g/mol. The Balaban J connectivity index is 1.10. The smallest absolute Gasteiger partial charge is 0.00206 e. The summed E-state index contributed by atoms with van der Waals surface area (Å²) in [5.41, 5.74) is 12.3. The Morgan fingerprint density at radius 3 is 1.22 bits per heavy atom. The van der Waals surface area contributed by atoms with Crippen molar-refractivity contribution < 1.29 is 0 Å². The zero-order valence-electron chi connectivity index (χ0n) is 32.8. The number of fused-ring (bicyclic) bond motifs is 1. The van der Waals surface area contributed by atoms with Gasteiger partial charge < -0.3 is 0 Å². The molecular formula is C60H36. The molecule has 0 aromatic heterocycles. The van der Waals surface area contributed by atoms with Crippen LogP contribution in [-0.4, -0.2) is 0 Å². The van der Waals surface area contributed by atoms with E-state index >= 15 is 0 Å². The van der Waals surface area contributed by atoms with Gasteiger partial charge in [-0.1, -0.05) is 206 Å². The Morgan fingerprint density at radius 2 is 0.633 bits per heavy atom. The molecule has 0 atom stereocenters. The van der Waals surface area contributed by atoms with Gasteiger partial charge in [0.1, 0.15) is 0 Å². The second-order valence-corrected chi connectivity index (χ2v) is 16.3. The van der Waals surface area contributed by atoms with Crippen LogP contribution in [0.15, 0.2) is 218 Å². The maximum absolute atomic E-state index is 2.48. The molecule has 0 saturated heterocycles. The molecule has 0 fully saturated rings. The lowest BCUT2D eigenvalue weighted by Gasteiger charge is -2.21. The third-order valence-electron chi connectivity index (χ3n) is 13.2. The van der Waals surface area contributed by atoms with Crippen molar-refractivity contribution in [2.45, 2.75) is 0 Å². The minimum absolute atomic E-state index is 1.20. The van der Waals surface area contributed by atoms with Crippen LogP contribution in [0.4, 0.5) is 0 Å². The largest absolute Gasteiger partial charge is 0.0622 e. The first-order chi connectivity index (χ1) is 29.8. The van der Waals surface area contributed by atoms with Crippen LogP contribution in [0.5, 0.6) is 0 Å². The van der Waals surface area contributed by atoms with Crippen molar-refractivity contribution in [3.8, 4) is 55.6 Å². The topological polar surface area (TPSA) is 0 Å². The van der Waals surface area contributed by atoms with Gasteiger partial charge in [0.15, 0.2) is 0 Å². The molecule has 0 aliphatic rings. The lowest BCUT2D eigenvalue weighted by Crippen LogP contribution is -1.94. The lowest BCUT2D eigenvalue weighted by molar-refractivity contribution is 1.58. The third-order valence-corrected chi connectivity index (χ3v) is 13.2. The summed E-state index contributed by atoms with van der Waals surface area (Å²) in [6.45, 7) is 0. The Kier molecular flexibility index (Phi) is 7.11. The van der Waals surface area contributed by atoms with E-state index in [2.05, 4.69) is 218 Å². The van der Waals surface area contributed by atoms with E-state index in [1.54, 1.807) is 0 Å². The van der Waals surface area contributed by atoms with Crippen molar-refractivity contribution in [1.82, 2.24) is 0 Å². The lowest BCUT2D eigenvalue weighted by atomic mass is 9.82. The molecule has 0 heteroatoms. The van der Waals surface area contributed by atoms with E-state index in [9.17, 15) is 0 Å². The quantitative estimate of drug-likeness (QED) is 0.153. The van der Waals surface area contributed by atoms with E-state index in [0.29, 0.717) is 0 Å². The van der Waals surface area contributed by atoms with Crippen LogP contribution in [0.1, 0.15) is 0 Å². The van der Waals surface area contributed by atoms with Gasteiger partial charge in [0.2, 0.25) is 0 Å². The number of hydrogen-bond acceptors (Lipinski definition) is 0. The standard InChI is InChI=1S/C60H36/c1-3-11-37(12-4-1)53-35-45(29-32-48(53)47-30-25-43-23-21-39-15-9-17-41-27-33-51(47)59(43)56(39)41)54-36-55(58(38-13-5-2-6-14-38)50-20-8-7-19-46(50)54)49-31-26-44-24-22-40-16-10-18-42-28-34-52(49)60(44)57(40)42/h1-36H. The van der Waals surface area contributed by atoms with E-state index < -0.39 is 0 Å². The van der Waals surface area contributed by atoms with E-state index in [1.807, 2.05) is 0 Å². The Labute approximate surface area is 347 Å². The van der Waals surface area contributed by atoms with Crippen LogP contribution in [0, 0.1) is 0 Å². The van der Waals surface area contributed by atoms with Crippen LogP contribution in [-0.2, 0) is 0 Å². The van der Waals surface area contributed by atoms with E-state index in [1.165, 1.54) is 131 Å². The summed E-state index contributed by atoms with van der Waals surface area (Å²) >= 11 is 0. The van der Waals surface area contributed by atoms with Crippen LogP contribution in [0.25, 0.3) is 131 Å². The van der Waals surface area contributed by atoms with Crippen molar-refractivity contribution >= 4 is 75.4 Å². The van der Waals surface area contributed by atoms with Crippen LogP contribution < -0.4 is 0 Å². The maximum atomic E-state index is 2.48. The summed E-state index contributed by atoms with van der Waals surface area (Å²) in [7, 11) is 0. The molecule has 276 valence electrons. The second-order valence-electron chi connectivity index (χ2n) is 16.3. The Morgan fingerprint density at radius 1 is 0.183 bits per heavy atom. The minimum Gasteiger partial charge on any atom is -0.0622 e. The minimum atomic E-state index is 1.20. The highest BCUT2D eigenvalue weighted by molar-refractivity contribution is 6.28. The number of rotatable bonds is 5. The molecule has 0 aliphatic heterocycles. The predicted octanol–water partition coefficient (Wildman–Crippen LogP) is 17.0. The van der Waals surface area contributed by atoms with Gasteiger partial charge in [-0.05, 0) is 143 Å². The van der Waals surface area contributed by atoms with Crippen LogP contribution in [0.2, 0.25) is 0 Å². The molecule has 13 rings (SSSR count). The maximum Gasteiger partial charge on any atom is -0.00206 e. The molecule has 0 radical (unpaired) electrons.